The van der Waals surface area contributed by atoms with Crippen molar-refractivity contribution < 1.29 is 9.59 Å². The number of amides is 2. The van der Waals surface area contributed by atoms with E-state index in [9.17, 15) is 9.59 Å². The number of primary amides is 1. The Morgan fingerprint density at radius 3 is 2.10 bits per heavy atom. The second-order valence-corrected chi connectivity index (χ2v) is 7.09. The Morgan fingerprint density at radius 2 is 1.59 bits per heavy atom. The second-order valence-electron chi connectivity index (χ2n) is 7.09. The van der Waals surface area contributed by atoms with E-state index < -0.39 is 11.3 Å². The summed E-state index contributed by atoms with van der Waals surface area (Å²) in [4.78, 5) is 36.2. The zero-order chi connectivity index (χ0) is 20.4. The minimum absolute atomic E-state index is 0.0825. The highest BCUT2D eigenvalue weighted by Gasteiger charge is 2.45. The van der Waals surface area contributed by atoms with Crippen molar-refractivity contribution in [1.82, 2.24) is 15.0 Å². The van der Waals surface area contributed by atoms with Gasteiger partial charge in [-0.25, -0.2) is 15.0 Å². The van der Waals surface area contributed by atoms with Gasteiger partial charge in [-0.2, -0.15) is 0 Å². The highest BCUT2D eigenvalue weighted by molar-refractivity contribution is 6.00. The third-order valence-corrected chi connectivity index (χ3v) is 5.36. The number of nitrogens with two attached hydrogens (primary N) is 2. The van der Waals surface area contributed by atoms with Crippen LogP contribution in [0.4, 0.5) is 11.6 Å². The first kappa shape index (κ1) is 18.5. The molecular weight excluding hydrogens is 368 g/mol. The topological polar surface area (TPSA) is 137 Å². The summed E-state index contributed by atoms with van der Waals surface area (Å²) in [5.41, 5.74) is 13.6. The van der Waals surface area contributed by atoms with Gasteiger partial charge in [0.25, 0.3) is 5.91 Å². The van der Waals surface area contributed by atoms with Crippen LogP contribution in [0.25, 0.3) is 11.1 Å². The van der Waals surface area contributed by atoms with Gasteiger partial charge >= 0.3 is 0 Å². The lowest BCUT2D eigenvalue weighted by Gasteiger charge is -2.40. The maximum atomic E-state index is 13.1. The summed E-state index contributed by atoms with van der Waals surface area (Å²) >= 11 is 0. The minimum Gasteiger partial charge on any atom is -0.368 e. The fraction of sp³-hybridized carbons (Fsp3) is 0.190. The molecule has 4 rings (SSSR count). The van der Waals surface area contributed by atoms with Crippen molar-refractivity contribution in [2.45, 2.75) is 24.7 Å². The van der Waals surface area contributed by atoms with E-state index in [4.69, 9.17) is 11.5 Å². The highest BCUT2D eigenvalue weighted by atomic mass is 16.2. The summed E-state index contributed by atoms with van der Waals surface area (Å²) in [5, 5.41) is 2.91. The van der Waals surface area contributed by atoms with Gasteiger partial charge in [-0.15, -0.1) is 0 Å². The van der Waals surface area contributed by atoms with E-state index in [-0.39, 0.29) is 17.5 Å². The molecule has 0 unspecified atom stereocenters. The molecule has 0 saturated heterocycles. The van der Waals surface area contributed by atoms with Gasteiger partial charge in [-0.1, -0.05) is 30.7 Å². The van der Waals surface area contributed by atoms with Crippen LogP contribution in [0.3, 0.4) is 0 Å². The van der Waals surface area contributed by atoms with E-state index in [0.29, 0.717) is 5.69 Å². The smallest absolute Gasteiger partial charge is 0.267 e. The first-order chi connectivity index (χ1) is 14.0. The van der Waals surface area contributed by atoms with Crippen LogP contribution in [0, 0.1) is 0 Å². The molecule has 29 heavy (non-hydrogen) atoms. The first-order valence-electron chi connectivity index (χ1n) is 9.24. The maximum Gasteiger partial charge on any atom is 0.267 e. The Bertz CT molecular complexity index is 1040. The number of nitrogen functional groups attached to an aromatic ring is 1. The van der Waals surface area contributed by atoms with E-state index >= 15 is 0 Å². The number of carbonyl (C=O) groups is 2. The molecule has 146 valence electrons. The van der Waals surface area contributed by atoms with Crippen molar-refractivity contribution in [2.24, 2.45) is 5.73 Å². The Balaban J connectivity index is 1.54. The van der Waals surface area contributed by atoms with Crippen LogP contribution >= 0.6 is 0 Å². The molecule has 0 atom stereocenters. The molecule has 0 bridgehead atoms. The number of anilines is 2. The van der Waals surface area contributed by atoms with Gasteiger partial charge in [0, 0.05) is 18.0 Å². The highest BCUT2D eigenvalue weighted by Crippen LogP contribution is 2.45. The van der Waals surface area contributed by atoms with E-state index in [1.807, 2.05) is 24.3 Å². The summed E-state index contributed by atoms with van der Waals surface area (Å²) in [6.45, 7) is 0. The molecule has 1 fully saturated rings. The zero-order valence-corrected chi connectivity index (χ0v) is 15.6. The van der Waals surface area contributed by atoms with Gasteiger partial charge in [-0.3, -0.25) is 9.59 Å². The van der Waals surface area contributed by atoms with Gasteiger partial charge < -0.3 is 16.8 Å². The lowest BCUT2D eigenvalue weighted by Crippen LogP contribution is -2.46. The van der Waals surface area contributed by atoms with Crippen LogP contribution < -0.4 is 16.8 Å². The van der Waals surface area contributed by atoms with Gasteiger partial charge in [0.1, 0.15) is 5.69 Å². The molecule has 2 heterocycles. The summed E-state index contributed by atoms with van der Waals surface area (Å²) in [7, 11) is 0. The maximum absolute atomic E-state index is 13.1. The summed E-state index contributed by atoms with van der Waals surface area (Å²) < 4.78 is 0. The predicted molar refractivity (Wildman–Crippen MR) is 109 cm³/mol. The number of hydrogen-bond acceptors (Lipinski definition) is 6. The number of carbonyl (C=O) groups excluding carboxylic acids is 2. The molecule has 5 N–H and O–H groups in total. The summed E-state index contributed by atoms with van der Waals surface area (Å²) in [6.07, 6.45) is 7.32. The predicted octanol–water partition coefficient (Wildman–Crippen LogP) is 2.28. The van der Waals surface area contributed by atoms with E-state index in [1.165, 1.54) is 12.3 Å². The van der Waals surface area contributed by atoms with Crippen molar-refractivity contribution in [3.05, 3.63) is 66.2 Å². The molecule has 2 amide bonds. The monoisotopic (exact) mass is 388 g/mol. The molecule has 2 aromatic heterocycles. The Hall–Kier alpha value is -3.81. The SMILES string of the molecule is NC(=O)c1ccc(NC(=O)C2(c3ccc(-c4cnc(N)nc4)cc3)CCC2)cn1. The molecular formula is C21H20N6O2. The quantitative estimate of drug-likeness (QED) is 0.613. The molecule has 1 saturated carbocycles. The Morgan fingerprint density at radius 1 is 0.897 bits per heavy atom. The largest absolute Gasteiger partial charge is 0.368 e. The van der Waals surface area contributed by atoms with Crippen LogP contribution in [0.2, 0.25) is 0 Å². The molecule has 1 aliphatic carbocycles. The van der Waals surface area contributed by atoms with E-state index in [2.05, 4.69) is 20.3 Å². The molecule has 0 spiro atoms. The minimum atomic E-state index is -0.607. The fourth-order valence-electron chi connectivity index (χ4n) is 3.51. The van der Waals surface area contributed by atoms with Gasteiger partial charge in [-0.05, 0) is 36.1 Å². The molecule has 1 aliphatic rings. The number of benzene rings is 1. The van der Waals surface area contributed by atoms with Gasteiger partial charge in [0.2, 0.25) is 11.9 Å². The second kappa shape index (κ2) is 7.31. The normalized spacial score (nSPS) is 14.6. The number of nitrogens with zero attached hydrogens (tertiary/aromatic N) is 3. The van der Waals surface area contributed by atoms with Crippen LogP contribution in [0.5, 0.6) is 0 Å². The lowest BCUT2D eigenvalue weighted by molar-refractivity contribution is -0.124. The molecule has 3 aromatic rings. The Kier molecular flexibility index (Phi) is 4.67. The fourth-order valence-corrected chi connectivity index (χ4v) is 3.51. The van der Waals surface area contributed by atoms with Crippen LogP contribution in [-0.4, -0.2) is 26.8 Å². The molecule has 8 heteroatoms. The third-order valence-electron chi connectivity index (χ3n) is 5.36. The average molecular weight is 388 g/mol. The third kappa shape index (κ3) is 3.52. The average Bonchev–Trinajstić information content (AvgIpc) is 2.69. The van der Waals surface area contributed by atoms with Crippen molar-refractivity contribution >= 4 is 23.5 Å². The van der Waals surface area contributed by atoms with Crippen LogP contribution in [0.1, 0.15) is 35.3 Å². The number of rotatable bonds is 5. The zero-order valence-electron chi connectivity index (χ0n) is 15.6. The van der Waals surface area contributed by atoms with Crippen molar-refractivity contribution in [3.63, 3.8) is 0 Å². The van der Waals surface area contributed by atoms with Crippen molar-refractivity contribution in [1.29, 1.82) is 0 Å². The number of pyridine rings is 1. The van der Waals surface area contributed by atoms with Crippen LogP contribution in [0.15, 0.2) is 55.0 Å². The van der Waals surface area contributed by atoms with Gasteiger partial charge in [0.05, 0.1) is 17.3 Å². The summed E-state index contributed by atoms with van der Waals surface area (Å²) in [5.74, 6) is -0.459. The summed E-state index contributed by atoms with van der Waals surface area (Å²) in [6, 6.07) is 11.0. The lowest BCUT2D eigenvalue weighted by atomic mass is 9.63. The Labute approximate surface area is 167 Å². The van der Waals surface area contributed by atoms with Gasteiger partial charge in [0.15, 0.2) is 0 Å². The molecule has 8 nitrogen and oxygen atoms in total. The number of hydrogen-bond donors (Lipinski definition) is 3. The molecule has 0 radical (unpaired) electrons. The molecule has 0 aliphatic heterocycles. The first-order valence-corrected chi connectivity index (χ1v) is 9.24. The van der Waals surface area contributed by atoms with Crippen molar-refractivity contribution in [3.8, 4) is 11.1 Å². The standard InChI is InChI=1S/C21H20N6O2/c22-18(28)17-7-6-16(12-24-17)27-19(29)21(8-1-9-21)15-4-2-13(3-5-15)14-10-25-20(23)26-11-14/h2-7,10-12H,1,8-9H2,(H2,22,28)(H,27,29)(H2,23,25,26). The molecule has 1 aromatic carbocycles. The van der Waals surface area contributed by atoms with Crippen LogP contribution in [-0.2, 0) is 10.2 Å². The number of aromatic nitrogens is 3. The van der Waals surface area contributed by atoms with E-state index in [0.717, 1.165) is 36.0 Å². The van der Waals surface area contributed by atoms with E-state index in [1.54, 1.807) is 18.5 Å². The van der Waals surface area contributed by atoms with Crippen molar-refractivity contribution in [2.75, 3.05) is 11.1 Å². The number of nitrogens with one attached hydrogen (secondary N) is 1.